The summed E-state index contributed by atoms with van der Waals surface area (Å²) < 4.78 is 43.4. The second-order valence-electron chi connectivity index (χ2n) is 5.51. The lowest BCUT2D eigenvalue weighted by atomic mass is 9.93. The zero-order valence-electron chi connectivity index (χ0n) is 12.3. The number of sulfonamides is 1. The predicted molar refractivity (Wildman–Crippen MR) is 80.1 cm³/mol. The Balaban J connectivity index is 1.94. The molecule has 1 aliphatic carbocycles. The number of hydrogen-bond acceptors (Lipinski definition) is 4. The van der Waals surface area contributed by atoms with Crippen molar-refractivity contribution in [2.45, 2.75) is 37.8 Å². The van der Waals surface area contributed by atoms with Crippen LogP contribution in [0.3, 0.4) is 0 Å². The molecule has 118 valence electrons. The molecular weight excluding hydrogens is 295 g/mol. The molecule has 0 amide bonds. The molecule has 2 rings (SSSR count). The number of hydrogen-bond donors (Lipinski definition) is 1. The molecule has 1 saturated carbocycles. The van der Waals surface area contributed by atoms with E-state index in [4.69, 9.17) is 10.5 Å². The molecule has 0 bridgehead atoms. The molecule has 1 aromatic carbocycles. The van der Waals surface area contributed by atoms with Crippen LogP contribution in [0.2, 0.25) is 0 Å². The number of nitrogen functional groups attached to an aromatic ring is 1. The van der Waals surface area contributed by atoms with Crippen LogP contribution in [0, 0.1) is 5.82 Å². The van der Waals surface area contributed by atoms with Gasteiger partial charge < -0.3 is 10.5 Å². The summed E-state index contributed by atoms with van der Waals surface area (Å²) in [4.78, 5) is 0. The van der Waals surface area contributed by atoms with Crippen LogP contribution in [0.25, 0.3) is 0 Å². The van der Waals surface area contributed by atoms with Crippen LogP contribution in [0.15, 0.2) is 18.2 Å². The molecule has 0 saturated heterocycles. The first-order valence-corrected chi connectivity index (χ1v) is 8.77. The fraction of sp³-hybridized carbons (Fsp3) is 0.571. The van der Waals surface area contributed by atoms with Gasteiger partial charge in [0.1, 0.15) is 11.6 Å². The number of ether oxygens (including phenoxy) is 1. The molecule has 1 aliphatic rings. The molecule has 2 N–H and O–H groups in total. The molecule has 1 aromatic rings. The maximum absolute atomic E-state index is 13.2. The molecule has 5 nitrogen and oxygen atoms in total. The van der Waals surface area contributed by atoms with E-state index in [2.05, 4.69) is 0 Å². The number of nitrogens with two attached hydrogens (primary N) is 1. The first-order chi connectivity index (χ1) is 9.77. The van der Waals surface area contributed by atoms with Crippen LogP contribution in [0.4, 0.5) is 10.1 Å². The van der Waals surface area contributed by atoms with E-state index in [9.17, 15) is 12.8 Å². The highest BCUT2D eigenvalue weighted by Gasteiger charge is 2.29. The van der Waals surface area contributed by atoms with E-state index >= 15 is 0 Å². The van der Waals surface area contributed by atoms with Gasteiger partial charge in [0.2, 0.25) is 10.0 Å². The third-order valence-corrected chi connectivity index (χ3v) is 5.29. The highest BCUT2D eigenvalue weighted by Crippen LogP contribution is 2.30. The van der Waals surface area contributed by atoms with Crippen LogP contribution >= 0.6 is 0 Å². The lowest BCUT2D eigenvalue weighted by Gasteiger charge is -2.33. The average molecular weight is 316 g/mol. The molecule has 0 spiro atoms. The molecule has 21 heavy (non-hydrogen) atoms. The number of benzene rings is 1. The van der Waals surface area contributed by atoms with E-state index in [1.54, 1.807) is 7.05 Å². The Morgan fingerprint density at radius 3 is 2.48 bits per heavy atom. The van der Waals surface area contributed by atoms with Crippen LogP contribution in [0.5, 0.6) is 5.75 Å². The lowest BCUT2D eigenvalue weighted by Crippen LogP contribution is -2.40. The molecule has 7 heteroatoms. The van der Waals surface area contributed by atoms with Gasteiger partial charge in [-0.2, -0.15) is 0 Å². The lowest BCUT2D eigenvalue weighted by molar-refractivity contribution is 0.126. The van der Waals surface area contributed by atoms with Gasteiger partial charge >= 0.3 is 0 Å². The molecule has 0 aliphatic heterocycles. The van der Waals surface area contributed by atoms with Crippen LogP contribution in [-0.4, -0.2) is 38.2 Å². The van der Waals surface area contributed by atoms with Crippen molar-refractivity contribution in [3.8, 4) is 5.75 Å². The number of nitrogens with zero attached hydrogens (tertiary/aromatic N) is 1. The molecule has 0 aromatic heterocycles. The standard InChI is InChI=1S/C14H21FN2O3S/c1-17(21(2,18)19)11-4-6-12(7-5-11)20-14-9-10(15)3-8-13(14)16/h3,8-9,11-12H,4-7,16H2,1-2H3/t11-,12+. The van der Waals surface area contributed by atoms with Crippen molar-refractivity contribution in [2.75, 3.05) is 19.0 Å². The Labute approximate surface area is 124 Å². The second-order valence-corrected chi connectivity index (χ2v) is 7.55. The smallest absolute Gasteiger partial charge is 0.211 e. The molecule has 0 unspecified atom stereocenters. The quantitative estimate of drug-likeness (QED) is 0.862. The highest BCUT2D eigenvalue weighted by atomic mass is 32.2. The third-order valence-electron chi connectivity index (χ3n) is 3.95. The van der Waals surface area contributed by atoms with Crippen LogP contribution < -0.4 is 10.5 Å². The summed E-state index contributed by atoms with van der Waals surface area (Å²) in [7, 11) is -1.57. The first kappa shape index (κ1) is 16.0. The summed E-state index contributed by atoms with van der Waals surface area (Å²) in [5.41, 5.74) is 6.17. The van der Waals surface area contributed by atoms with Gasteiger partial charge in [-0.3, -0.25) is 0 Å². The Morgan fingerprint density at radius 1 is 1.29 bits per heavy atom. The van der Waals surface area contributed by atoms with Crippen molar-refractivity contribution in [3.63, 3.8) is 0 Å². The van der Waals surface area contributed by atoms with E-state index in [0.29, 0.717) is 11.4 Å². The predicted octanol–water partition coefficient (Wildman–Crippen LogP) is 1.99. The van der Waals surface area contributed by atoms with Crippen LogP contribution in [0.1, 0.15) is 25.7 Å². The normalized spacial score (nSPS) is 23.2. The maximum Gasteiger partial charge on any atom is 0.211 e. The van der Waals surface area contributed by atoms with Crippen molar-refractivity contribution in [3.05, 3.63) is 24.0 Å². The molecular formula is C14H21FN2O3S. The summed E-state index contributed by atoms with van der Waals surface area (Å²) in [5, 5.41) is 0. The zero-order valence-corrected chi connectivity index (χ0v) is 13.1. The minimum atomic E-state index is -3.17. The fourth-order valence-corrected chi connectivity index (χ4v) is 3.34. The van der Waals surface area contributed by atoms with Gasteiger partial charge in [0, 0.05) is 19.2 Å². The summed E-state index contributed by atoms with van der Waals surface area (Å²) in [6.07, 6.45) is 4.05. The van der Waals surface area contributed by atoms with Crippen molar-refractivity contribution in [1.82, 2.24) is 4.31 Å². The summed E-state index contributed by atoms with van der Waals surface area (Å²) in [5.74, 6) is -0.0281. The minimum absolute atomic E-state index is 0.00436. The second kappa shape index (κ2) is 6.19. The zero-order chi connectivity index (χ0) is 15.6. The summed E-state index contributed by atoms with van der Waals surface area (Å²) in [6, 6.07) is 4.06. The van der Waals surface area contributed by atoms with Gasteiger partial charge in [-0.05, 0) is 37.8 Å². The number of halogens is 1. The Kier molecular flexibility index (Phi) is 4.73. The van der Waals surface area contributed by atoms with Crippen molar-refractivity contribution in [2.24, 2.45) is 0 Å². The largest absolute Gasteiger partial charge is 0.488 e. The maximum atomic E-state index is 13.2. The highest BCUT2D eigenvalue weighted by molar-refractivity contribution is 7.88. The molecule has 0 radical (unpaired) electrons. The molecule has 0 heterocycles. The summed E-state index contributed by atoms with van der Waals surface area (Å²) in [6.45, 7) is 0. The van der Waals surface area contributed by atoms with Gasteiger partial charge in [0.25, 0.3) is 0 Å². The van der Waals surface area contributed by atoms with E-state index in [1.165, 1.54) is 28.8 Å². The first-order valence-electron chi connectivity index (χ1n) is 6.92. The Hall–Kier alpha value is -1.34. The topological polar surface area (TPSA) is 72.6 Å². The van der Waals surface area contributed by atoms with Gasteiger partial charge in [-0.25, -0.2) is 17.1 Å². The molecule has 0 atom stereocenters. The minimum Gasteiger partial charge on any atom is -0.488 e. The van der Waals surface area contributed by atoms with Gasteiger partial charge in [0.05, 0.1) is 18.0 Å². The third kappa shape index (κ3) is 4.07. The van der Waals surface area contributed by atoms with Crippen LogP contribution in [-0.2, 0) is 10.0 Å². The van der Waals surface area contributed by atoms with E-state index in [1.807, 2.05) is 0 Å². The van der Waals surface area contributed by atoms with Gasteiger partial charge in [-0.15, -0.1) is 0 Å². The van der Waals surface area contributed by atoms with Crippen molar-refractivity contribution >= 4 is 15.7 Å². The SMILES string of the molecule is CN([C@H]1CC[C@@H](Oc2cc(F)ccc2N)CC1)S(C)(=O)=O. The van der Waals surface area contributed by atoms with E-state index in [0.717, 1.165) is 25.7 Å². The Morgan fingerprint density at radius 2 is 1.90 bits per heavy atom. The van der Waals surface area contributed by atoms with Crippen molar-refractivity contribution in [1.29, 1.82) is 0 Å². The van der Waals surface area contributed by atoms with Gasteiger partial charge in [-0.1, -0.05) is 0 Å². The number of anilines is 1. The van der Waals surface area contributed by atoms with E-state index in [-0.39, 0.29) is 18.0 Å². The molecule has 1 fully saturated rings. The monoisotopic (exact) mass is 316 g/mol. The fourth-order valence-electron chi connectivity index (χ4n) is 2.59. The summed E-state index contributed by atoms with van der Waals surface area (Å²) >= 11 is 0. The average Bonchev–Trinajstić information content (AvgIpc) is 2.42. The van der Waals surface area contributed by atoms with Gasteiger partial charge in [0.15, 0.2) is 0 Å². The number of rotatable bonds is 4. The van der Waals surface area contributed by atoms with E-state index < -0.39 is 10.0 Å². The Bertz CT molecular complexity index is 598. The van der Waals surface area contributed by atoms with Crippen molar-refractivity contribution < 1.29 is 17.5 Å².